The zero-order chi connectivity index (χ0) is 25.0. The predicted molar refractivity (Wildman–Crippen MR) is 132 cm³/mol. The second-order valence-electron chi connectivity index (χ2n) is 11.0. The van der Waals surface area contributed by atoms with Gasteiger partial charge in [0.25, 0.3) is 0 Å². The third kappa shape index (κ3) is 8.41. The van der Waals surface area contributed by atoms with Gasteiger partial charge in [0.2, 0.25) is 0 Å². The van der Waals surface area contributed by atoms with Crippen LogP contribution >= 0.6 is 0 Å². The van der Waals surface area contributed by atoms with Gasteiger partial charge >= 0.3 is 5.97 Å². The summed E-state index contributed by atoms with van der Waals surface area (Å²) in [5, 5.41) is 0. The number of hydrogen-bond donors (Lipinski definition) is 0. The summed E-state index contributed by atoms with van der Waals surface area (Å²) in [5.74, 6) is 1.16. The Morgan fingerprint density at radius 3 is 1.64 bits per heavy atom. The number of allylic oxidation sites excluding steroid dienone is 1. The number of ketones is 1. The van der Waals surface area contributed by atoms with Crippen LogP contribution in [0.4, 0.5) is 0 Å². The van der Waals surface area contributed by atoms with E-state index in [1.807, 2.05) is 59.7 Å². The molecule has 0 aliphatic heterocycles. The maximum absolute atomic E-state index is 12.8. The van der Waals surface area contributed by atoms with Crippen molar-refractivity contribution in [1.82, 2.24) is 0 Å². The van der Waals surface area contributed by atoms with Gasteiger partial charge in [-0.25, -0.2) is 0 Å². The van der Waals surface area contributed by atoms with Crippen molar-refractivity contribution in [2.75, 3.05) is 0 Å². The fourth-order valence-electron chi connectivity index (χ4n) is 2.73. The Morgan fingerprint density at radius 2 is 1.21 bits per heavy atom. The molecule has 178 valence electrons. The fourth-order valence-corrected chi connectivity index (χ4v) is 2.73. The molecule has 0 fully saturated rings. The SMILES string of the molecule is CC(C)(C)Oc1cccc(OC(C)(C)C)c1/C=C/C(=O)c1ccc(OC(=O)C(C)(C)C)cc1. The molecule has 0 aliphatic carbocycles. The molecule has 0 unspecified atom stereocenters. The van der Waals surface area contributed by atoms with Crippen LogP contribution in [0.2, 0.25) is 0 Å². The summed E-state index contributed by atoms with van der Waals surface area (Å²) in [5.41, 5.74) is -0.242. The Kier molecular flexibility index (Phi) is 7.79. The van der Waals surface area contributed by atoms with Crippen molar-refractivity contribution in [3.63, 3.8) is 0 Å². The van der Waals surface area contributed by atoms with Gasteiger partial charge in [0.15, 0.2) is 5.78 Å². The lowest BCUT2D eigenvalue weighted by Crippen LogP contribution is -2.25. The smallest absolute Gasteiger partial charge is 0.316 e. The maximum Gasteiger partial charge on any atom is 0.316 e. The minimum atomic E-state index is -0.605. The van der Waals surface area contributed by atoms with Crippen LogP contribution in [0, 0.1) is 5.41 Å². The molecule has 5 heteroatoms. The number of hydrogen-bond acceptors (Lipinski definition) is 5. The Bertz CT molecular complexity index is 976. The van der Waals surface area contributed by atoms with E-state index < -0.39 is 16.6 Å². The standard InChI is InChI=1S/C28H36O5/c1-26(2,3)25(30)31-20-15-13-19(14-16-20)22(29)18-17-21-23(32-27(4,5)6)11-10-12-24(21)33-28(7,8)9/h10-18H,1-9H3/b18-17+. The number of benzene rings is 2. The molecule has 0 saturated heterocycles. The third-order valence-corrected chi connectivity index (χ3v) is 4.22. The first-order valence-corrected chi connectivity index (χ1v) is 11.1. The van der Waals surface area contributed by atoms with Crippen LogP contribution in [0.5, 0.6) is 17.2 Å². The second-order valence-corrected chi connectivity index (χ2v) is 11.0. The molecule has 2 aromatic rings. The van der Waals surface area contributed by atoms with Crippen molar-refractivity contribution in [1.29, 1.82) is 0 Å². The zero-order valence-electron chi connectivity index (χ0n) is 21.2. The fraction of sp³-hybridized carbons (Fsp3) is 0.429. The van der Waals surface area contributed by atoms with Gasteiger partial charge in [-0.2, -0.15) is 0 Å². The van der Waals surface area contributed by atoms with E-state index in [1.54, 1.807) is 51.1 Å². The van der Waals surface area contributed by atoms with Crippen LogP contribution in [0.3, 0.4) is 0 Å². The second kappa shape index (κ2) is 9.82. The van der Waals surface area contributed by atoms with E-state index in [4.69, 9.17) is 14.2 Å². The van der Waals surface area contributed by atoms with Crippen molar-refractivity contribution in [3.8, 4) is 17.2 Å². The normalized spacial score (nSPS) is 12.5. The highest BCUT2D eigenvalue weighted by Gasteiger charge is 2.24. The number of rotatable bonds is 6. The van der Waals surface area contributed by atoms with Crippen LogP contribution < -0.4 is 14.2 Å². The molecule has 0 atom stereocenters. The van der Waals surface area contributed by atoms with E-state index in [9.17, 15) is 9.59 Å². The first-order chi connectivity index (χ1) is 15.0. The summed E-state index contributed by atoms with van der Waals surface area (Å²) in [4.78, 5) is 24.9. The van der Waals surface area contributed by atoms with E-state index in [0.29, 0.717) is 28.4 Å². The molecule has 0 spiro atoms. The number of esters is 1. The highest BCUT2D eigenvalue weighted by atomic mass is 16.5. The van der Waals surface area contributed by atoms with Gasteiger partial charge in [-0.3, -0.25) is 9.59 Å². The Hall–Kier alpha value is -3.08. The topological polar surface area (TPSA) is 61.8 Å². The molecule has 0 radical (unpaired) electrons. The van der Waals surface area contributed by atoms with Crippen LogP contribution in [0.1, 0.15) is 78.2 Å². The first-order valence-electron chi connectivity index (χ1n) is 11.1. The number of carbonyl (C=O) groups excluding carboxylic acids is 2. The number of ether oxygens (including phenoxy) is 3. The maximum atomic E-state index is 12.8. The van der Waals surface area contributed by atoms with Crippen LogP contribution in [-0.2, 0) is 4.79 Å². The average molecular weight is 453 g/mol. The van der Waals surface area contributed by atoms with E-state index in [1.165, 1.54) is 6.08 Å². The molecule has 0 heterocycles. The van der Waals surface area contributed by atoms with Gasteiger partial charge in [0.05, 0.1) is 11.0 Å². The van der Waals surface area contributed by atoms with Gasteiger partial charge in [-0.1, -0.05) is 6.07 Å². The van der Waals surface area contributed by atoms with Crippen molar-refractivity contribution in [2.45, 2.75) is 73.5 Å². The summed E-state index contributed by atoms with van der Waals surface area (Å²) in [7, 11) is 0. The molecule has 2 aromatic carbocycles. The van der Waals surface area contributed by atoms with E-state index in [0.717, 1.165) is 0 Å². The molecule has 0 N–H and O–H groups in total. The molecule has 0 saturated carbocycles. The van der Waals surface area contributed by atoms with Gasteiger partial charge in [0, 0.05) is 5.56 Å². The minimum absolute atomic E-state index is 0.184. The van der Waals surface area contributed by atoms with Crippen LogP contribution in [0.15, 0.2) is 48.5 Å². The van der Waals surface area contributed by atoms with Crippen molar-refractivity contribution in [3.05, 3.63) is 59.7 Å². The van der Waals surface area contributed by atoms with E-state index >= 15 is 0 Å². The molecular formula is C28H36O5. The van der Waals surface area contributed by atoms with Gasteiger partial charge < -0.3 is 14.2 Å². The van der Waals surface area contributed by atoms with Gasteiger partial charge in [-0.05, 0) is 111 Å². The summed E-state index contributed by atoms with van der Waals surface area (Å²) in [6.07, 6.45) is 3.22. The predicted octanol–water partition coefficient (Wildman–Crippen LogP) is 6.89. The average Bonchev–Trinajstić information content (AvgIpc) is 2.64. The molecule has 5 nitrogen and oxygen atoms in total. The molecule has 33 heavy (non-hydrogen) atoms. The van der Waals surface area contributed by atoms with Gasteiger partial charge in [0.1, 0.15) is 28.5 Å². The van der Waals surface area contributed by atoms with Crippen molar-refractivity contribution >= 4 is 17.8 Å². The van der Waals surface area contributed by atoms with Crippen molar-refractivity contribution < 1.29 is 23.8 Å². The first kappa shape index (κ1) is 26.2. The molecule has 0 amide bonds. The lowest BCUT2D eigenvalue weighted by molar-refractivity contribution is -0.143. The Morgan fingerprint density at radius 1 is 0.727 bits per heavy atom. The molecule has 0 aromatic heterocycles. The van der Waals surface area contributed by atoms with Crippen LogP contribution in [0.25, 0.3) is 6.08 Å². The highest BCUT2D eigenvalue weighted by Crippen LogP contribution is 2.34. The molecule has 0 bridgehead atoms. The van der Waals surface area contributed by atoms with E-state index in [2.05, 4.69) is 0 Å². The third-order valence-electron chi connectivity index (χ3n) is 4.22. The van der Waals surface area contributed by atoms with Gasteiger partial charge in [-0.15, -0.1) is 0 Å². The summed E-state index contributed by atoms with van der Waals surface area (Å²) in [6, 6.07) is 12.1. The van der Waals surface area contributed by atoms with Crippen molar-refractivity contribution in [2.24, 2.45) is 5.41 Å². The lowest BCUT2D eigenvalue weighted by Gasteiger charge is -2.26. The van der Waals surface area contributed by atoms with E-state index in [-0.39, 0.29) is 11.8 Å². The summed E-state index contributed by atoms with van der Waals surface area (Å²) in [6.45, 7) is 17.2. The molecule has 0 aliphatic rings. The molecular weight excluding hydrogens is 416 g/mol. The lowest BCUT2D eigenvalue weighted by atomic mass is 9.97. The number of carbonyl (C=O) groups is 2. The quantitative estimate of drug-likeness (QED) is 0.207. The summed E-state index contributed by atoms with van der Waals surface area (Å²) < 4.78 is 17.6. The zero-order valence-corrected chi connectivity index (χ0v) is 21.2. The Labute approximate surface area is 197 Å². The summed E-state index contributed by atoms with van der Waals surface area (Å²) >= 11 is 0. The monoisotopic (exact) mass is 452 g/mol. The Balaban J connectivity index is 2.30. The van der Waals surface area contributed by atoms with Crippen LogP contribution in [-0.4, -0.2) is 23.0 Å². The highest BCUT2D eigenvalue weighted by molar-refractivity contribution is 6.07. The minimum Gasteiger partial charge on any atom is -0.487 e. The largest absolute Gasteiger partial charge is 0.487 e. The molecule has 2 rings (SSSR count).